The number of benzene rings is 2. The molecule has 2 aromatic rings. The monoisotopic (exact) mass is 260 g/mol. The minimum absolute atomic E-state index is 0.101. The largest absolute Gasteiger partial charge is 0.494 e. The molecule has 1 amide bonds. The highest BCUT2D eigenvalue weighted by Crippen LogP contribution is 2.19. The van der Waals surface area contributed by atoms with Gasteiger partial charge >= 0.3 is 0 Å². The normalized spacial score (nSPS) is 10.0. The fourth-order valence-electron chi connectivity index (χ4n) is 1.58. The van der Waals surface area contributed by atoms with Crippen LogP contribution in [0, 0.1) is 5.82 Å². The predicted octanol–water partition coefficient (Wildman–Crippen LogP) is 2.67. The number of nitrogens with one attached hydrogen (secondary N) is 1. The first-order valence-electron chi connectivity index (χ1n) is 5.60. The van der Waals surface area contributed by atoms with Gasteiger partial charge in [-0.3, -0.25) is 4.79 Å². The predicted molar refractivity (Wildman–Crippen MR) is 71.8 cm³/mol. The second-order valence-electron chi connectivity index (χ2n) is 3.93. The zero-order valence-electron chi connectivity index (χ0n) is 10.3. The molecule has 2 rings (SSSR count). The van der Waals surface area contributed by atoms with E-state index in [0.717, 1.165) is 6.07 Å². The number of nitrogen functional groups attached to an aromatic ring is 1. The Morgan fingerprint density at radius 2 is 1.89 bits per heavy atom. The number of anilines is 2. The molecule has 0 aliphatic heterocycles. The molecule has 0 heterocycles. The second kappa shape index (κ2) is 5.39. The lowest BCUT2D eigenvalue weighted by molar-refractivity contribution is 0.102. The summed E-state index contributed by atoms with van der Waals surface area (Å²) in [6.07, 6.45) is 0. The Morgan fingerprint density at radius 3 is 2.47 bits per heavy atom. The molecule has 0 aromatic heterocycles. The van der Waals surface area contributed by atoms with Crippen LogP contribution in [0.3, 0.4) is 0 Å². The number of rotatable bonds is 3. The van der Waals surface area contributed by atoms with E-state index in [1.165, 1.54) is 19.2 Å². The van der Waals surface area contributed by atoms with Gasteiger partial charge in [0.2, 0.25) is 0 Å². The average Bonchev–Trinajstić information content (AvgIpc) is 2.41. The van der Waals surface area contributed by atoms with Crippen LogP contribution < -0.4 is 15.8 Å². The lowest BCUT2D eigenvalue weighted by Gasteiger charge is -2.07. The minimum atomic E-state index is -0.576. The molecule has 0 aliphatic rings. The number of carbonyl (C=O) groups is 1. The van der Waals surface area contributed by atoms with E-state index in [1.54, 1.807) is 24.3 Å². The van der Waals surface area contributed by atoms with Crippen LogP contribution in [-0.4, -0.2) is 13.0 Å². The molecule has 0 bridgehead atoms. The first-order valence-corrected chi connectivity index (χ1v) is 5.60. The molecular formula is C14H13FN2O2. The van der Waals surface area contributed by atoms with Crippen LogP contribution in [0.5, 0.6) is 5.75 Å². The molecule has 0 atom stereocenters. The van der Waals surface area contributed by atoms with Crippen LogP contribution in [0.25, 0.3) is 0 Å². The van der Waals surface area contributed by atoms with E-state index in [-0.39, 0.29) is 11.3 Å². The van der Waals surface area contributed by atoms with E-state index in [1.807, 2.05) is 0 Å². The standard InChI is InChI=1S/C14H13FN2O2/c1-19-13-7-2-9(8-12(13)15)14(18)17-11-5-3-10(16)4-6-11/h2-8H,16H2,1H3,(H,17,18). The number of hydrogen-bond acceptors (Lipinski definition) is 3. The Hall–Kier alpha value is -2.56. The Kier molecular flexibility index (Phi) is 3.66. The van der Waals surface area contributed by atoms with Crippen molar-refractivity contribution >= 4 is 17.3 Å². The third kappa shape index (κ3) is 3.01. The Bertz CT molecular complexity index is 597. The summed E-state index contributed by atoms with van der Waals surface area (Å²) in [4.78, 5) is 11.9. The second-order valence-corrected chi connectivity index (χ2v) is 3.93. The van der Waals surface area contributed by atoms with Gasteiger partial charge in [-0.15, -0.1) is 0 Å². The molecule has 0 saturated carbocycles. The van der Waals surface area contributed by atoms with Gasteiger partial charge in [-0.05, 0) is 42.5 Å². The molecule has 0 spiro atoms. The summed E-state index contributed by atoms with van der Waals surface area (Å²) in [5, 5.41) is 2.65. The topological polar surface area (TPSA) is 64.3 Å². The molecular weight excluding hydrogens is 247 g/mol. The highest BCUT2D eigenvalue weighted by atomic mass is 19.1. The summed E-state index contributed by atoms with van der Waals surface area (Å²) in [5.74, 6) is -0.872. The van der Waals surface area contributed by atoms with Crippen molar-refractivity contribution in [3.8, 4) is 5.75 Å². The van der Waals surface area contributed by atoms with Gasteiger partial charge < -0.3 is 15.8 Å². The molecule has 0 fully saturated rings. The van der Waals surface area contributed by atoms with Gasteiger partial charge in [-0.2, -0.15) is 0 Å². The van der Waals surface area contributed by atoms with Crippen molar-refractivity contribution in [3.05, 3.63) is 53.8 Å². The van der Waals surface area contributed by atoms with Crippen LogP contribution >= 0.6 is 0 Å². The third-order valence-corrected chi connectivity index (χ3v) is 2.58. The van der Waals surface area contributed by atoms with E-state index < -0.39 is 11.7 Å². The van der Waals surface area contributed by atoms with Gasteiger partial charge in [-0.25, -0.2) is 4.39 Å². The third-order valence-electron chi connectivity index (χ3n) is 2.58. The molecule has 0 aliphatic carbocycles. The van der Waals surface area contributed by atoms with Crippen molar-refractivity contribution < 1.29 is 13.9 Å². The van der Waals surface area contributed by atoms with Gasteiger partial charge in [0.15, 0.2) is 11.6 Å². The number of hydrogen-bond donors (Lipinski definition) is 2. The van der Waals surface area contributed by atoms with Crippen molar-refractivity contribution in [2.75, 3.05) is 18.2 Å². The molecule has 5 heteroatoms. The van der Waals surface area contributed by atoms with Gasteiger partial charge in [0.25, 0.3) is 5.91 Å². The molecule has 0 saturated heterocycles. The van der Waals surface area contributed by atoms with E-state index in [0.29, 0.717) is 11.4 Å². The summed E-state index contributed by atoms with van der Waals surface area (Å²) < 4.78 is 18.3. The maximum Gasteiger partial charge on any atom is 0.255 e. The van der Waals surface area contributed by atoms with E-state index in [9.17, 15) is 9.18 Å². The number of ether oxygens (including phenoxy) is 1. The number of amides is 1. The molecule has 19 heavy (non-hydrogen) atoms. The molecule has 0 unspecified atom stereocenters. The van der Waals surface area contributed by atoms with Gasteiger partial charge in [0.05, 0.1) is 7.11 Å². The van der Waals surface area contributed by atoms with Gasteiger partial charge in [-0.1, -0.05) is 0 Å². The average molecular weight is 260 g/mol. The van der Waals surface area contributed by atoms with Crippen LogP contribution in [-0.2, 0) is 0 Å². The summed E-state index contributed by atoms with van der Waals surface area (Å²) >= 11 is 0. The molecule has 3 N–H and O–H groups in total. The molecule has 98 valence electrons. The fourth-order valence-corrected chi connectivity index (χ4v) is 1.58. The first-order chi connectivity index (χ1) is 9.10. The van der Waals surface area contributed by atoms with E-state index in [4.69, 9.17) is 10.5 Å². The maximum absolute atomic E-state index is 13.5. The maximum atomic E-state index is 13.5. The Morgan fingerprint density at radius 1 is 1.21 bits per heavy atom. The van der Waals surface area contributed by atoms with Crippen molar-refractivity contribution in [3.63, 3.8) is 0 Å². The lowest BCUT2D eigenvalue weighted by atomic mass is 10.2. The zero-order valence-corrected chi connectivity index (χ0v) is 10.3. The van der Waals surface area contributed by atoms with Gasteiger partial charge in [0.1, 0.15) is 0 Å². The van der Waals surface area contributed by atoms with Crippen molar-refractivity contribution in [2.45, 2.75) is 0 Å². The lowest BCUT2D eigenvalue weighted by Crippen LogP contribution is -2.12. The number of carbonyl (C=O) groups excluding carboxylic acids is 1. The Labute approximate surface area is 110 Å². The van der Waals surface area contributed by atoms with Crippen molar-refractivity contribution in [1.82, 2.24) is 0 Å². The first kappa shape index (κ1) is 12.9. The van der Waals surface area contributed by atoms with Crippen LogP contribution in [0.1, 0.15) is 10.4 Å². The summed E-state index contributed by atoms with van der Waals surface area (Å²) in [6.45, 7) is 0. The van der Waals surface area contributed by atoms with E-state index in [2.05, 4.69) is 5.32 Å². The number of halogens is 1. The summed E-state index contributed by atoms with van der Waals surface area (Å²) in [5.41, 5.74) is 6.96. The molecule has 4 nitrogen and oxygen atoms in total. The highest BCUT2D eigenvalue weighted by Gasteiger charge is 2.10. The van der Waals surface area contributed by atoms with Gasteiger partial charge in [0, 0.05) is 16.9 Å². The number of nitrogens with two attached hydrogens (primary N) is 1. The molecule has 0 radical (unpaired) electrons. The SMILES string of the molecule is COc1ccc(C(=O)Nc2ccc(N)cc2)cc1F. The minimum Gasteiger partial charge on any atom is -0.494 e. The van der Waals surface area contributed by atoms with Crippen molar-refractivity contribution in [2.24, 2.45) is 0 Å². The fraction of sp³-hybridized carbons (Fsp3) is 0.0714. The summed E-state index contributed by atoms with van der Waals surface area (Å²) in [7, 11) is 1.37. The van der Waals surface area contributed by atoms with Crippen LogP contribution in [0.4, 0.5) is 15.8 Å². The van der Waals surface area contributed by atoms with E-state index >= 15 is 0 Å². The smallest absolute Gasteiger partial charge is 0.255 e. The highest BCUT2D eigenvalue weighted by molar-refractivity contribution is 6.04. The van der Waals surface area contributed by atoms with Crippen LogP contribution in [0.2, 0.25) is 0 Å². The van der Waals surface area contributed by atoms with Crippen molar-refractivity contribution in [1.29, 1.82) is 0 Å². The molecule has 2 aromatic carbocycles. The zero-order chi connectivity index (χ0) is 13.8. The number of methoxy groups -OCH3 is 1. The quantitative estimate of drug-likeness (QED) is 0.834. The summed E-state index contributed by atoms with van der Waals surface area (Å²) in [6, 6.07) is 10.7. The Balaban J connectivity index is 2.16. The van der Waals surface area contributed by atoms with Crippen LogP contribution in [0.15, 0.2) is 42.5 Å².